The third kappa shape index (κ3) is 1.89. The molecule has 0 spiro atoms. The second-order valence-electron chi connectivity index (χ2n) is 7.72. The Hall–Kier alpha value is -1.24. The third-order valence-corrected chi connectivity index (χ3v) is 6.69. The van der Waals surface area contributed by atoms with Crippen molar-refractivity contribution in [2.75, 3.05) is 7.11 Å². The second kappa shape index (κ2) is 4.63. The van der Waals surface area contributed by atoms with Gasteiger partial charge in [0.15, 0.2) is 0 Å². The first-order chi connectivity index (χ1) is 10.1. The number of rotatable bonds is 1. The molecule has 0 aliphatic heterocycles. The van der Waals surface area contributed by atoms with Crippen LogP contribution in [0.15, 0.2) is 30.4 Å². The molecule has 3 aliphatic carbocycles. The van der Waals surface area contributed by atoms with Crippen molar-refractivity contribution < 1.29 is 4.74 Å². The number of hydrogen-bond donors (Lipinski definition) is 0. The smallest absolute Gasteiger partial charge is 0.119 e. The van der Waals surface area contributed by atoms with Gasteiger partial charge in [-0.25, -0.2) is 0 Å². The lowest BCUT2D eigenvalue weighted by atomic mass is 9.54. The van der Waals surface area contributed by atoms with E-state index in [1.807, 2.05) is 0 Å². The largest absolute Gasteiger partial charge is 0.497 e. The summed E-state index contributed by atoms with van der Waals surface area (Å²) in [5, 5.41) is 0. The highest BCUT2D eigenvalue weighted by molar-refractivity contribution is 5.45. The molecule has 0 heterocycles. The van der Waals surface area contributed by atoms with Gasteiger partial charge in [-0.15, -0.1) is 0 Å². The minimum absolute atomic E-state index is 0.584. The average molecular weight is 282 g/mol. The number of allylic oxidation sites excluding steroid dienone is 1. The van der Waals surface area contributed by atoms with Gasteiger partial charge < -0.3 is 4.74 Å². The Morgan fingerprint density at radius 1 is 1.24 bits per heavy atom. The first-order valence-electron chi connectivity index (χ1n) is 8.47. The summed E-state index contributed by atoms with van der Waals surface area (Å²) in [6.45, 7) is 7.04. The Labute approximate surface area is 128 Å². The van der Waals surface area contributed by atoms with Crippen LogP contribution in [-0.4, -0.2) is 7.11 Å². The minimum Gasteiger partial charge on any atom is -0.497 e. The van der Waals surface area contributed by atoms with Gasteiger partial charge in [-0.2, -0.15) is 0 Å². The van der Waals surface area contributed by atoms with Crippen LogP contribution in [0.3, 0.4) is 0 Å². The lowest BCUT2D eigenvalue weighted by Gasteiger charge is -2.50. The summed E-state index contributed by atoms with van der Waals surface area (Å²) >= 11 is 0. The van der Waals surface area contributed by atoms with Gasteiger partial charge >= 0.3 is 0 Å². The van der Waals surface area contributed by atoms with Crippen LogP contribution in [0.1, 0.15) is 56.1 Å². The van der Waals surface area contributed by atoms with Crippen LogP contribution in [-0.2, 0) is 6.42 Å². The number of fused-ring (bicyclic) bond motifs is 5. The molecule has 1 aromatic carbocycles. The molecule has 21 heavy (non-hydrogen) atoms. The lowest BCUT2D eigenvalue weighted by molar-refractivity contribution is 0.0848. The van der Waals surface area contributed by atoms with Gasteiger partial charge in [0.05, 0.1) is 7.11 Å². The Bertz CT molecular complexity index is 588. The van der Waals surface area contributed by atoms with Crippen LogP contribution in [0.2, 0.25) is 0 Å². The van der Waals surface area contributed by atoms with Gasteiger partial charge in [-0.05, 0) is 78.5 Å². The molecule has 112 valence electrons. The van der Waals surface area contributed by atoms with Gasteiger partial charge in [0.1, 0.15) is 5.75 Å². The molecule has 0 radical (unpaired) electrons. The summed E-state index contributed by atoms with van der Waals surface area (Å²) < 4.78 is 5.47. The maximum Gasteiger partial charge on any atom is 0.119 e. The van der Waals surface area contributed by atoms with E-state index < -0.39 is 0 Å². The summed E-state index contributed by atoms with van der Waals surface area (Å²) in [4.78, 5) is 0. The van der Waals surface area contributed by atoms with Crippen LogP contribution in [0.5, 0.6) is 5.75 Å². The fraction of sp³-hybridized carbons (Fsp3) is 0.600. The molecule has 1 heteroatoms. The second-order valence-corrected chi connectivity index (χ2v) is 7.72. The average Bonchev–Trinajstić information content (AvgIpc) is 2.88. The Morgan fingerprint density at radius 3 is 2.90 bits per heavy atom. The van der Waals surface area contributed by atoms with Crippen molar-refractivity contribution in [1.82, 2.24) is 0 Å². The monoisotopic (exact) mass is 282 g/mol. The molecule has 0 unspecified atom stereocenters. The Balaban J connectivity index is 1.78. The van der Waals surface area contributed by atoms with Crippen molar-refractivity contribution in [3.05, 3.63) is 41.5 Å². The molecule has 0 N–H and O–H groups in total. The molecule has 2 fully saturated rings. The van der Waals surface area contributed by atoms with Gasteiger partial charge in [-0.1, -0.05) is 31.6 Å². The van der Waals surface area contributed by atoms with E-state index in [4.69, 9.17) is 4.74 Å². The Kier molecular flexibility index (Phi) is 2.96. The van der Waals surface area contributed by atoms with E-state index in [2.05, 4.69) is 31.7 Å². The molecule has 4 rings (SSSR count). The maximum absolute atomic E-state index is 5.47. The molecule has 1 aromatic rings. The van der Waals surface area contributed by atoms with E-state index >= 15 is 0 Å². The summed E-state index contributed by atoms with van der Waals surface area (Å²) in [5.74, 6) is 3.28. The first-order valence-corrected chi connectivity index (χ1v) is 8.47. The van der Waals surface area contributed by atoms with Crippen LogP contribution in [0, 0.1) is 17.3 Å². The molecule has 0 saturated heterocycles. The van der Waals surface area contributed by atoms with Crippen molar-refractivity contribution in [2.45, 2.75) is 51.4 Å². The zero-order valence-corrected chi connectivity index (χ0v) is 13.3. The normalized spacial score (nSPS) is 37.6. The van der Waals surface area contributed by atoms with Gasteiger partial charge in [0.2, 0.25) is 0 Å². The predicted molar refractivity (Wildman–Crippen MR) is 86.8 cm³/mol. The topological polar surface area (TPSA) is 9.23 Å². The number of hydrogen-bond acceptors (Lipinski definition) is 1. The molecule has 2 saturated carbocycles. The van der Waals surface area contributed by atoms with Gasteiger partial charge in [-0.3, -0.25) is 0 Å². The summed E-state index contributed by atoms with van der Waals surface area (Å²) in [6.07, 6.45) is 8.06. The summed E-state index contributed by atoms with van der Waals surface area (Å²) in [7, 11) is 1.77. The molecule has 0 aromatic heterocycles. The lowest BCUT2D eigenvalue weighted by Crippen LogP contribution is -2.40. The first kappa shape index (κ1) is 13.4. The standard InChI is InChI=1S/C20H26O/c1-13-11-14-6-7-15(21-3)12-17(14)16-8-10-20(2)9-4-5-18(20)19(13)16/h6-7,12,16,18-19H,1,4-5,8-11H2,2-3H3/t16-,18+,19-,20+/m1/s1. The number of ether oxygens (including phenoxy) is 1. The molecule has 4 atom stereocenters. The van der Waals surface area contributed by atoms with Crippen LogP contribution >= 0.6 is 0 Å². The van der Waals surface area contributed by atoms with Crippen LogP contribution in [0.4, 0.5) is 0 Å². The quantitative estimate of drug-likeness (QED) is 0.651. The Morgan fingerprint density at radius 2 is 2.10 bits per heavy atom. The van der Waals surface area contributed by atoms with Gasteiger partial charge in [0.25, 0.3) is 0 Å². The maximum atomic E-state index is 5.47. The van der Waals surface area contributed by atoms with Crippen LogP contribution in [0.25, 0.3) is 0 Å². The highest BCUT2D eigenvalue weighted by Gasteiger charge is 2.51. The summed E-state index contributed by atoms with van der Waals surface area (Å²) in [6, 6.07) is 6.67. The van der Waals surface area contributed by atoms with E-state index in [1.165, 1.54) is 43.2 Å². The van der Waals surface area contributed by atoms with Gasteiger partial charge in [0, 0.05) is 0 Å². The molecule has 0 bridgehead atoms. The van der Waals surface area contributed by atoms with Crippen molar-refractivity contribution in [2.24, 2.45) is 17.3 Å². The molecular weight excluding hydrogens is 256 g/mol. The molecule has 1 nitrogen and oxygen atoms in total. The molecule has 3 aliphatic rings. The third-order valence-electron chi connectivity index (χ3n) is 6.69. The van der Waals surface area contributed by atoms with Crippen LogP contribution < -0.4 is 4.74 Å². The highest BCUT2D eigenvalue weighted by Crippen LogP contribution is 2.61. The van der Waals surface area contributed by atoms with E-state index in [1.54, 1.807) is 12.7 Å². The van der Waals surface area contributed by atoms with E-state index in [0.29, 0.717) is 17.3 Å². The summed E-state index contributed by atoms with van der Waals surface area (Å²) in [5.41, 5.74) is 5.13. The van der Waals surface area contributed by atoms with Crippen molar-refractivity contribution >= 4 is 0 Å². The van der Waals surface area contributed by atoms with Crippen molar-refractivity contribution in [1.29, 1.82) is 0 Å². The molecule has 0 amide bonds. The zero-order chi connectivity index (χ0) is 14.6. The van der Waals surface area contributed by atoms with E-state index in [0.717, 1.165) is 18.1 Å². The van der Waals surface area contributed by atoms with Crippen molar-refractivity contribution in [3.8, 4) is 5.75 Å². The zero-order valence-electron chi connectivity index (χ0n) is 13.3. The molecular formula is C20H26O. The highest BCUT2D eigenvalue weighted by atomic mass is 16.5. The number of benzene rings is 1. The fourth-order valence-electron chi connectivity index (χ4n) is 5.61. The predicted octanol–water partition coefficient (Wildman–Crippen LogP) is 5.11. The SMILES string of the molecule is C=C1Cc2ccc(OC)cc2[C@H]2CC[C@]3(C)CCC[C@H]3[C@H]12. The number of methoxy groups -OCH3 is 1. The van der Waals surface area contributed by atoms with E-state index in [9.17, 15) is 0 Å². The minimum atomic E-state index is 0.584. The van der Waals surface area contributed by atoms with E-state index in [-0.39, 0.29) is 0 Å². The fourth-order valence-corrected chi connectivity index (χ4v) is 5.61. The van der Waals surface area contributed by atoms with Crippen molar-refractivity contribution in [3.63, 3.8) is 0 Å².